The van der Waals surface area contributed by atoms with E-state index in [1.807, 2.05) is 54.6 Å². The number of fused-ring (bicyclic) bond motifs is 1. The first-order valence-electron chi connectivity index (χ1n) is 9.38. The van der Waals surface area contributed by atoms with Crippen molar-refractivity contribution < 1.29 is 14.3 Å². The fraction of sp³-hybridized carbons (Fsp3) is 0.227. The molecule has 6 nitrogen and oxygen atoms in total. The minimum Gasteiger partial charge on any atom is -0.449 e. The van der Waals surface area contributed by atoms with Gasteiger partial charge in [0.2, 0.25) is 0 Å². The number of halogens is 1. The number of nitrogens with zero attached hydrogens (tertiary/aromatic N) is 3. The number of hydrogen-bond donors (Lipinski definition) is 0. The van der Waals surface area contributed by atoms with E-state index in [4.69, 9.17) is 16.3 Å². The van der Waals surface area contributed by atoms with Crippen molar-refractivity contribution in [3.8, 4) is 5.69 Å². The second-order valence-corrected chi connectivity index (χ2v) is 7.27. The Bertz CT molecular complexity index is 1080. The number of aryl methyl sites for hydroxylation is 1. The molecule has 2 heterocycles. The van der Waals surface area contributed by atoms with E-state index >= 15 is 0 Å². The van der Waals surface area contributed by atoms with Gasteiger partial charge in [0.05, 0.1) is 11.4 Å². The third-order valence-electron chi connectivity index (χ3n) is 4.99. The highest BCUT2D eigenvalue weighted by molar-refractivity contribution is 6.33. The molecule has 1 aromatic heterocycles. The van der Waals surface area contributed by atoms with E-state index in [2.05, 4.69) is 5.10 Å². The molecule has 0 bridgehead atoms. The molecule has 1 aliphatic heterocycles. The fourth-order valence-electron chi connectivity index (χ4n) is 3.53. The Labute approximate surface area is 173 Å². The molecule has 1 atom stereocenters. The van der Waals surface area contributed by atoms with Gasteiger partial charge < -0.3 is 9.64 Å². The van der Waals surface area contributed by atoms with Crippen molar-refractivity contribution in [2.45, 2.75) is 26.4 Å². The second-order valence-electron chi connectivity index (χ2n) is 6.91. The van der Waals surface area contributed by atoms with Crippen LogP contribution in [-0.2, 0) is 16.0 Å². The first-order chi connectivity index (χ1) is 14.0. The van der Waals surface area contributed by atoms with Crippen molar-refractivity contribution >= 4 is 29.2 Å². The van der Waals surface area contributed by atoms with Crippen molar-refractivity contribution in [1.29, 1.82) is 0 Å². The Hall–Kier alpha value is -3.12. The number of para-hydroxylation sites is 2. The average molecular weight is 410 g/mol. The number of aromatic nitrogens is 2. The van der Waals surface area contributed by atoms with Crippen LogP contribution in [0, 0.1) is 6.92 Å². The van der Waals surface area contributed by atoms with Crippen molar-refractivity contribution in [3.05, 3.63) is 76.6 Å². The molecule has 0 unspecified atom stereocenters. The Kier molecular flexibility index (Phi) is 5.11. The summed E-state index contributed by atoms with van der Waals surface area (Å²) >= 11 is 6.42. The van der Waals surface area contributed by atoms with Crippen LogP contribution in [0.15, 0.2) is 54.6 Å². The first kappa shape index (κ1) is 19.2. The van der Waals surface area contributed by atoms with E-state index in [9.17, 15) is 9.59 Å². The molecule has 0 saturated heterocycles. The van der Waals surface area contributed by atoms with Gasteiger partial charge in [-0.3, -0.25) is 4.79 Å². The minimum atomic E-state index is -0.941. The van der Waals surface area contributed by atoms with Gasteiger partial charge in [-0.1, -0.05) is 48.0 Å². The number of rotatable bonds is 4. The second kappa shape index (κ2) is 7.72. The van der Waals surface area contributed by atoms with Crippen LogP contribution >= 0.6 is 11.6 Å². The fourth-order valence-corrected chi connectivity index (χ4v) is 3.88. The normalized spacial score (nSPS) is 13.8. The number of ether oxygens (including phenoxy) is 1. The maximum atomic E-state index is 12.9. The molecule has 29 heavy (non-hydrogen) atoms. The maximum Gasteiger partial charge on any atom is 0.344 e. The molecule has 0 aliphatic carbocycles. The quantitative estimate of drug-likeness (QED) is 0.611. The van der Waals surface area contributed by atoms with E-state index in [0.29, 0.717) is 12.2 Å². The molecule has 0 N–H and O–H groups in total. The van der Waals surface area contributed by atoms with Gasteiger partial charge in [-0.2, -0.15) is 5.10 Å². The molecule has 1 amide bonds. The number of carbonyl (C=O) groups excluding carboxylic acids is 2. The molecule has 0 fully saturated rings. The van der Waals surface area contributed by atoms with Crippen molar-refractivity contribution in [1.82, 2.24) is 9.78 Å². The van der Waals surface area contributed by atoms with Gasteiger partial charge in [-0.25, -0.2) is 9.48 Å². The zero-order chi connectivity index (χ0) is 20.5. The summed E-state index contributed by atoms with van der Waals surface area (Å²) in [5.74, 6) is -0.921. The van der Waals surface area contributed by atoms with Crippen molar-refractivity contribution in [2.75, 3.05) is 11.4 Å². The Balaban J connectivity index is 1.53. The SMILES string of the molecule is Cc1nn(-c2ccccc2)c(Cl)c1C(=O)O[C@H](C)C(=O)N1CCc2ccccc21. The Morgan fingerprint density at radius 3 is 2.55 bits per heavy atom. The van der Waals surface area contributed by atoms with Gasteiger partial charge in [-0.15, -0.1) is 0 Å². The zero-order valence-corrected chi connectivity index (χ0v) is 16.9. The molecule has 0 radical (unpaired) electrons. The third kappa shape index (κ3) is 3.51. The summed E-state index contributed by atoms with van der Waals surface area (Å²) in [6, 6.07) is 17.0. The van der Waals surface area contributed by atoms with Crippen LogP contribution in [0.1, 0.15) is 28.5 Å². The summed E-state index contributed by atoms with van der Waals surface area (Å²) in [6.45, 7) is 3.84. The van der Waals surface area contributed by atoms with Crippen LogP contribution in [0.3, 0.4) is 0 Å². The number of esters is 1. The standard InChI is InChI=1S/C22H20ClN3O3/c1-14-19(20(23)26(24-14)17-9-4-3-5-10-17)22(28)29-15(2)21(27)25-13-12-16-8-6-7-11-18(16)25/h3-11,15H,12-13H2,1-2H3/t15-/m1/s1. The van der Waals surface area contributed by atoms with Gasteiger partial charge in [0.1, 0.15) is 10.7 Å². The Morgan fingerprint density at radius 1 is 1.10 bits per heavy atom. The van der Waals surface area contributed by atoms with Gasteiger partial charge in [0.25, 0.3) is 5.91 Å². The highest BCUT2D eigenvalue weighted by atomic mass is 35.5. The highest BCUT2D eigenvalue weighted by Crippen LogP contribution is 2.29. The molecule has 2 aromatic carbocycles. The molecule has 1 aliphatic rings. The molecule has 148 valence electrons. The summed E-state index contributed by atoms with van der Waals surface area (Å²) in [6.07, 6.45) is -0.152. The van der Waals surface area contributed by atoms with Crippen LogP contribution in [0.25, 0.3) is 5.69 Å². The highest BCUT2D eigenvalue weighted by Gasteiger charge is 2.31. The van der Waals surface area contributed by atoms with E-state index in [1.165, 1.54) is 4.68 Å². The molecular formula is C22H20ClN3O3. The van der Waals surface area contributed by atoms with Gasteiger partial charge in [-0.05, 0) is 44.0 Å². The van der Waals surface area contributed by atoms with Crippen LogP contribution in [0.5, 0.6) is 0 Å². The molecule has 0 saturated carbocycles. The van der Waals surface area contributed by atoms with Crippen LogP contribution in [0.2, 0.25) is 5.15 Å². The Morgan fingerprint density at radius 2 is 1.79 bits per heavy atom. The predicted octanol–water partition coefficient (Wildman–Crippen LogP) is 3.97. The smallest absolute Gasteiger partial charge is 0.344 e. The molecule has 4 rings (SSSR count). The van der Waals surface area contributed by atoms with Crippen molar-refractivity contribution in [2.24, 2.45) is 0 Å². The lowest BCUT2D eigenvalue weighted by Gasteiger charge is -2.21. The molecular weight excluding hydrogens is 390 g/mol. The lowest BCUT2D eigenvalue weighted by molar-refractivity contribution is -0.126. The molecule has 0 spiro atoms. The largest absolute Gasteiger partial charge is 0.449 e. The number of amides is 1. The minimum absolute atomic E-state index is 0.157. The first-order valence-corrected chi connectivity index (χ1v) is 9.76. The third-order valence-corrected chi connectivity index (χ3v) is 5.34. The van der Waals surface area contributed by atoms with Crippen LogP contribution in [-0.4, -0.2) is 34.3 Å². The molecule has 7 heteroatoms. The van der Waals surface area contributed by atoms with E-state index in [-0.39, 0.29) is 16.6 Å². The van der Waals surface area contributed by atoms with Crippen LogP contribution < -0.4 is 4.90 Å². The summed E-state index contributed by atoms with van der Waals surface area (Å²) in [5, 5.41) is 4.51. The van der Waals surface area contributed by atoms with Gasteiger partial charge >= 0.3 is 5.97 Å². The van der Waals surface area contributed by atoms with Crippen LogP contribution in [0.4, 0.5) is 5.69 Å². The lowest BCUT2D eigenvalue weighted by atomic mass is 10.2. The summed E-state index contributed by atoms with van der Waals surface area (Å²) in [4.78, 5) is 27.3. The lowest BCUT2D eigenvalue weighted by Crippen LogP contribution is -2.39. The maximum absolute atomic E-state index is 12.9. The average Bonchev–Trinajstić information content (AvgIpc) is 3.28. The van der Waals surface area contributed by atoms with E-state index in [1.54, 1.807) is 18.7 Å². The summed E-state index contributed by atoms with van der Waals surface area (Å²) < 4.78 is 6.95. The molecule has 3 aromatic rings. The monoisotopic (exact) mass is 409 g/mol. The van der Waals surface area contributed by atoms with E-state index in [0.717, 1.165) is 23.4 Å². The predicted molar refractivity (Wildman–Crippen MR) is 111 cm³/mol. The van der Waals surface area contributed by atoms with Gasteiger partial charge in [0.15, 0.2) is 6.10 Å². The van der Waals surface area contributed by atoms with E-state index < -0.39 is 12.1 Å². The zero-order valence-electron chi connectivity index (χ0n) is 16.1. The summed E-state index contributed by atoms with van der Waals surface area (Å²) in [7, 11) is 0. The number of carbonyl (C=O) groups is 2. The summed E-state index contributed by atoms with van der Waals surface area (Å²) in [5.41, 5.74) is 3.32. The number of benzene rings is 2. The topological polar surface area (TPSA) is 64.4 Å². The van der Waals surface area contributed by atoms with Crippen molar-refractivity contribution in [3.63, 3.8) is 0 Å². The number of hydrogen-bond acceptors (Lipinski definition) is 4. The number of anilines is 1. The van der Waals surface area contributed by atoms with Gasteiger partial charge in [0, 0.05) is 12.2 Å².